The van der Waals surface area contributed by atoms with Crippen molar-refractivity contribution in [3.63, 3.8) is 0 Å². The van der Waals surface area contributed by atoms with Crippen molar-refractivity contribution in [2.24, 2.45) is 0 Å². The number of hydrogen-bond donors (Lipinski definition) is 2. The molecule has 0 spiro atoms. The maximum atomic E-state index is 11.8. The number of hydrogen-bond acceptors (Lipinski definition) is 2. The van der Waals surface area contributed by atoms with Crippen LogP contribution in [0.1, 0.15) is 22.8 Å². The van der Waals surface area contributed by atoms with Gasteiger partial charge in [0.05, 0.1) is 5.56 Å². The van der Waals surface area contributed by atoms with E-state index >= 15 is 0 Å². The van der Waals surface area contributed by atoms with Gasteiger partial charge in [0, 0.05) is 24.5 Å². The zero-order valence-corrected chi connectivity index (χ0v) is 11.4. The lowest BCUT2D eigenvalue weighted by molar-refractivity contribution is -0.118. The molecule has 0 atom stereocenters. The molecule has 17 heavy (non-hydrogen) atoms. The summed E-state index contributed by atoms with van der Waals surface area (Å²) in [5.74, 6) is -0.248. The second kappa shape index (κ2) is 6.39. The minimum Gasteiger partial charge on any atom is -0.355 e. The summed E-state index contributed by atoms with van der Waals surface area (Å²) in [6, 6.07) is 5.59. The smallest absolute Gasteiger partial charge is 0.252 e. The van der Waals surface area contributed by atoms with E-state index in [0.29, 0.717) is 18.7 Å². The van der Waals surface area contributed by atoms with Gasteiger partial charge >= 0.3 is 0 Å². The number of carbonyl (C=O) groups excluding carboxylic acids is 2. The molecular formula is C12H15BrN2O2. The lowest BCUT2D eigenvalue weighted by Crippen LogP contribution is -2.33. The van der Waals surface area contributed by atoms with Crippen LogP contribution >= 0.6 is 15.9 Å². The molecule has 92 valence electrons. The van der Waals surface area contributed by atoms with Crippen molar-refractivity contribution >= 4 is 27.7 Å². The Kier molecular flexibility index (Phi) is 5.15. The molecule has 2 amide bonds. The Morgan fingerprint density at radius 2 is 1.88 bits per heavy atom. The summed E-state index contributed by atoms with van der Waals surface area (Å²) in [6.07, 6.45) is 0. The molecule has 0 aliphatic carbocycles. The van der Waals surface area contributed by atoms with Gasteiger partial charge in [-0.25, -0.2) is 0 Å². The predicted octanol–water partition coefficient (Wildman–Crippen LogP) is 1.62. The standard InChI is InChI=1S/C12H15BrN2O2/c1-8-3-4-11(13)10(7-8)12(17)15-6-5-14-9(2)16/h3-4,7H,5-6H2,1-2H3,(H,14,16)(H,15,17). The largest absolute Gasteiger partial charge is 0.355 e. The van der Waals surface area contributed by atoms with Crippen LogP contribution in [-0.4, -0.2) is 24.9 Å². The molecule has 0 aliphatic heterocycles. The highest BCUT2D eigenvalue weighted by Crippen LogP contribution is 2.17. The second-order valence-corrected chi connectivity index (χ2v) is 4.58. The molecule has 0 bridgehead atoms. The Morgan fingerprint density at radius 3 is 2.53 bits per heavy atom. The lowest BCUT2D eigenvalue weighted by Gasteiger charge is -2.08. The van der Waals surface area contributed by atoms with Gasteiger partial charge < -0.3 is 10.6 Å². The van der Waals surface area contributed by atoms with Gasteiger partial charge in [-0.2, -0.15) is 0 Å². The van der Waals surface area contributed by atoms with Crippen LogP contribution in [0.3, 0.4) is 0 Å². The highest BCUT2D eigenvalue weighted by atomic mass is 79.9. The first-order valence-corrected chi connectivity index (χ1v) is 6.09. The van der Waals surface area contributed by atoms with Crippen molar-refractivity contribution in [2.45, 2.75) is 13.8 Å². The average molecular weight is 299 g/mol. The third-order valence-electron chi connectivity index (χ3n) is 2.15. The molecule has 0 aliphatic rings. The summed E-state index contributed by atoms with van der Waals surface area (Å²) in [7, 11) is 0. The highest BCUT2D eigenvalue weighted by Gasteiger charge is 2.09. The third kappa shape index (κ3) is 4.56. The van der Waals surface area contributed by atoms with Gasteiger partial charge in [-0.05, 0) is 35.0 Å². The molecule has 1 aromatic carbocycles. The zero-order valence-electron chi connectivity index (χ0n) is 9.84. The summed E-state index contributed by atoms with van der Waals surface area (Å²) in [6.45, 7) is 4.22. The van der Waals surface area contributed by atoms with Gasteiger partial charge in [0.1, 0.15) is 0 Å². The number of nitrogens with one attached hydrogen (secondary N) is 2. The summed E-state index contributed by atoms with van der Waals surface area (Å²) in [5, 5.41) is 5.35. The quantitative estimate of drug-likeness (QED) is 0.830. The van der Waals surface area contributed by atoms with E-state index in [0.717, 1.165) is 10.0 Å². The van der Waals surface area contributed by atoms with E-state index in [1.807, 2.05) is 25.1 Å². The Bertz CT molecular complexity index is 433. The first-order chi connectivity index (χ1) is 8.00. The fourth-order valence-electron chi connectivity index (χ4n) is 1.32. The number of amides is 2. The van der Waals surface area contributed by atoms with E-state index in [-0.39, 0.29) is 11.8 Å². The van der Waals surface area contributed by atoms with Crippen molar-refractivity contribution in [3.8, 4) is 0 Å². The monoisotopic (exact) mass is 298 g/mol. The molecule has 0 saturated heterocycles. The molecule has 0 radical (unpaired) electrons. The first kappa shape index (κ1) is 13.7. The maximum absolute atomic E-state index is 11.8. The van der Waals surface area contributed by atoms with E-state index in [9.17, 15) is 9.59 Å². The number of aryl methyl sites for hydroxylation is 1. The maximum Gasteiger partial charge on any atom is 0.252 e. The van der Waals surface area contributed by atoms with Crippen molar-refractivity contribution in [1.82, 2.24) is 10.6 Å². The Morgan fingerprint density at radius 1 is 1.24 bits per heavy atom. The molecule has 0 heterocycles. The number of rotatable bonds is 4. The fourth-order valence-corrected chi connectivity index (χ4v) is 1.75. The van der Waals surface area contributed by atoms with Crippen molar-refractivity contribution in [3.05, 3.63) is 33.8 Å². The van der Waals surface area contributed by atoms with E-state index in [4.69, 9.17) is 0 Å². The highest BCUT2D eigenvalue weighted by molar-refractivity contribution is 9.10. The summed E-state index contributed by atoms with van der Waals surface area (Å²) in [4.78, 5) is 22.4. The molecule has 1 rings (SSSR count). The van der Waals surface area contributed by atoms with Crippen LogP contribution in [0.15, 0.2) is 22.7 Å². The molecule has 0 saturated carbocycles. The molecule has 0 unspecified atom stereocenters. The summed E-state index contributed by atoms with van der Waals surface area (Å²) in [5.41, 5.74) is 1.63. The minimum atomic E-state index is -0.147. The number of halogens is 1. The zero-order chi connectivity index (χ0) is 12.8. The Labute approximate surface area is 109 Å². The third-order valence-corrected chi connectivity index (χ3v) is 2.84. The van der Waals surface area contributed by atoms with Crippen LogP contribution in [0.5, 0.6) is 0 Å². The average Bonchev–Trinajstić information content (AvgIpc) is 2.27. The predicted molar refractivity (Wildman–Crippen MR) is 69.9 cm³/mol. The SMILES string of the molecule is CC(=O)NCCNC(=O)c1cc(C)ccc1Br. The van der Waals surface area contributed by atoms with Gasteiger partial charge in [0.2, 0.25) is 5.91 Å². The van der Waals surface area contributed by atoms with Crippen LogP contribution in [0.4, 0.5) is 0 Å². The fraction of sp³-hybridized carbons (Fsp3) is 0.333. The van der Waals surface area contributed by atoms with Crippen LogP contribution in [0.25, 0.3) is 0 Å². The van der Waals surface area contributed by atoms with Gasteiger partial charge in [-0.1, -0.05) is 11.6 Å². The van der Waals surface area contributed by atoms with E-state index in [1.165, 1.54) is 6.92 Å². The van der Waals surface area contributed by atoms with E-state index in [2.05, 4.69) is 26.6 Å². The Balaban J connectivity index is 2.52. The molecule has 0 aromatic heterocycles. The van der Waals surface area contributed by atoms with Crippen LogP contribution in [0, 0.1) is 6.92 Å². The van der Waals surface area contributed by atoms with Gasteiger partial charge in [0.15, 0.2) is 0 Å². The second-order valence-electron chi connectivity index (χ2n) is 3.72. The van der Waals surface area contributed by atoms with Crippen LogP contribution < -0.4 is 10.6 Å². The molecule has 5 heteroatoms. The molecule has 1 aromatic rings. The van der Waals surface area contributed by atoms with E-state index in [1.54, 1.807) is 0 Å². The summed E-state index contributed by atoms with van der Waals surface area (Å²) >= 11 is 3.33. The van der Waals surface area contributed by atoms with Crippen LogP contribution in [0.2, 0.25) is 0 Å². The normalized spacial score (nSPS) is 9.82. The lowest BCUT2D eigenvalue weighted by atomic mass is 10.1. The van der Waals surface area contributed by atoms with Crippen LogP contribution in [-0.2, 0) is 4.79 Å². The minimum absolute atomic E-state index is 0.101. The number of carbonyl (C=O) groups is 2. The molecular weight excluding hydrogens is 284 g/mol. The van der Waals surface area contributed by atoms with Crippen molar-refractivity contribution in [1.29, 1.82) is 0 Å². The Hall–Kier alpha value is -1.36. The van der Waals surface area contributed by atoms with Crippen molar-refractivity contribution in [2.75, 3.05) is 13.1 Å². The molecule has 4 nitrogen and oxygen atoms in total. The summed E-state index contributed by atoms with van der Waals surface area (Å²) < 4.78 is 0.764. The van der Waals surface area contributed by atoms with Gasteiger partial charge in [-0.3, -0.25) is 9.59 Å². The van der Waals surface area contributed by atoms with Crippen molar-refractivity contribution < 1.29 is 9.59 Å². The van der Waals surface area contributed by atoms with Gasteiger partial charge in [-0.15, -0.1) is 0 Å². The van der Waals surface area contributed by atoms with Gasteiger partial charge in [0.25, 0.3) is 5.91 Å². The molecule has 2 N–H and O–H groups in total. The molecule has 0 fully saturated rings. The number of benzene rings is 1. The topological polar surface area (TPSA) is 58.2 Å². The first-order valence-electron chi connectivity index (χ1n) is 5.29. The van der Waals surface area contributed by atoms with E-state index < -0.39 is 0 Å².